The number of ether oxygens (including phenoxy) is 1. The summed E-state index contributed by atoms with van der Waals surface area (Å²) in [6, 6.07) is 11.0. The van der Waals surface area contributed by atoms with Crippen molar-refractivity contribution in [1.29, 1.82) is 0 Å². The molecule has 0 fully saturated rings. The lowest BCUT2D eigenvalue weighted by atomic mass is 10.2. The van der Waals surface area contributed by atoms with Gasteiger partial charge in [-0.25, -0.2) is 18.4 Å². The number of hydrogen-bond acceptors (Lipinski definition) is 7. The number of sulfone groups is 1. The zero-order valence-corrected chi connectivity index (χ0v) is 15.4. The molecular formula is C17H17N3O3S2. The van der Waals surface area contributed by atoms with Gasteiger partial charge in [-0.1, -0.05) is 12.1 Å². The van der Waals surface area contributed by atoms with Crippen molar-refractivity contribution in [2.24, 2.45) is 0 Å². The van der Waals surface area contributed by atoms with Gasteiger partial charge in [-0.15, -0.1) is 11.3 Å². The van der Waals surface area contributed by atoms with Gasteiger partial charge in [0.2, 0.25) is 5.88 Å². The Morgan fingerprint density at radius 1 is 1.20 bits per heavy atom. The number of benzene rings is 1. The Kier molecular flexibility index (Phi) is 5.00. The van der Waals surface area contributed by atoms with Crippen molar-refractivity contribution in [3.05, 3.63) is 53.5 Å². The largest absolute Gasteiger partial charge is 0.481 e. The van der Waals surface area contributed by atoms with Gasteiger partial charge in [-0.05, 0) is 23.8 Å². The van der Waals surface area contributed by atoms with E-state index in [-0.39, 0.29) is 5.75 Å². The van der Waals surface area contributed by atoms with Gasteiger partial charge in [-0.3, -0.25) is 0 Å². The van der Waals surface area contributed by atoms with E-state index in [0.29, 0.717) is 5.88 Å². The number of thiazole rings is 1. The van der Waals surface area contributed by atoms with E-state index in [2.05, 4.69) is 15.3 Å². The van der Waals surface area contributed by atoms with Crippen molar-refractivity contribution in [2.75, 3.05) is 18.7 Å². The number of pyridine rings is 1. The molecule has 0 bridgehead atoms. The zero-order valence-electron chi connectivity index (χ0n) is 13.8. The van der Waals surface area contributed by atoms with Crippen LogP contribution in [-0.4, -0.2) is 31.8 Å². The van der Waals surface area contributed by atoms with E-state index >= 15 is 0 Å². The summed E-state index contributed by atoms with van der Waals surface area (Å²) in [5.41, 5.74) is 3.38. The highest BCUT2D eigenvalue weighted by atomic mass is 32.2. The molecule has 25 heavy (non-hydrogen) atoms. The molecular weight excluding hydrogens is 358 g/mol. The van der Waals surface area contributed by atoms with Crippen molar-refractivity contribution >= 4 is 32.0 Å². The Bertz CT molecular complexity index is 967. The van der Waals surface area contributed by atoms with Crippen molar-refractivity contribution in [1.82, 2.24) is 9.97 Å². The summed E-state index contributed by atoms with van der Waals surface area (Å²) in [5.74, 6) is 0.583. The van der Waals surface area contributed by atoms with Crippen LogP contribution in [0, 0.1) is 0 Å². The fourth-order valence-corrected chi connectivity index (χ4v) is 3.79. The van der Waals surface area contributed by atoms with Crippen molar-refractivity contribution in [2.45, 2.75) is 5.75 Å². The molecule has 0 aliphatic carbocycles. The minimum Gasteiger partial charge on any atom is -0.481 e. The first-order valence-electron chi connectivity index (χ1n) is 7.42. The molecule has 8 heteroatoms. The molecule has 0 atom stereocenters. The van der Waals surface area contributed by atoms with Crippen LogP contribution in [0.15, 0.2) is 48.0 Å². The number of hydrogen-bond donors (Lipinski definition) is 1. The van der Waals surface area contributed by atoms with Gasteiger partial charge in [0.1, 0.15) is 0 Å². The summed E-state index contributed by atoms with van der Waals surface area (Å²) in [6.07, 6.45) is 2.91. The Morgan fingerprint density at radius 3 is 2.64 bits per heavy atom. The molecule has 1 N–H and O–H groups in total. The number of anilines is 2. The van der Waals surface area contributed by atoms with Crippen LogP contribution in [0.5, 0.6) is 5.88 Å². The molecule has 6 nitrogen and oxygen atoms in total. The Labute approximate surface area is 150 Å². The molecule has 0 aliphatic rings. The third kappa shape index (κ3) is 4.77. The second-order valence-corrected chi connectivity index (χ2v) is 8.52. The van der Waals surface area contributed by atoms with Crippen LogP contribution >= 0.6 is 11.3 Å². The van der Waals surface area contributed by atoms with Gasteiger partial charge in [0, 0.05) is 35.1 Å². The number of nitrogens with zero attached hydrogens (tertiary/aromatic N) is 2. The molecule has 0 unspecified atom stereocenters. The van der Waals surface area contributed by atoms with Crippen molar-refractivity contribution < 1.29 is 13.2 Å². The lowest BCUT2D eigenvalue weighted by Gasteiger charge is -2.04. The van der Waals surface area contributed by atoms with E-state index < -0.39 is 9.84 Å². The van der Waals surface area contributed by atoms with Gasteiger partial charge in [-0.2, -0.15) is 0 Å². The highest BCUT2D eigenvalue weighted by Gasteiger charge is 2.08. The zero-order chi connectivity index (χ0) is 17.9. The third-order valence-corrected chi connectivity index (χ3v) is 4.99. The average molecular weight is 375 g/mol. The first kappa shape index (κ1) is 17.4. The molecule has 0 radical (unpaired) electrons. The first-order chi connectivity index (χ1) is 11.9. The number of rotatable bonds is 6. The number of methoxy groups -OCH3 is 1. The summed E-state index contributed by atoms with van der Waals surface area (Å²) in [7, 11) is -1.45. The molecule has 0 spiro atoms. The van der Waals surface area contributed by atoms with Gasteiger partial charge in [0.05, 0.1) is 18.6 Å². The quantitative estimate of drug-likeness (QED) is 0.710. The second kappa shape index (κ2) is 7.20. The van der Waals surface area contributed by atoms with Gasteiger partial charge in [0.15, 0.2) is 15.0 Å². The lowest BCUT2D eigenvalue weighted by Crippen LogP contribution is -2.00. The smallest absolute Gasteiger partial charge is 0.213 e. The molecule has 2 heterocycles. The summed E-state index contributed by atoms with van der Waals surface area (Å²) in [5, 5.41) is 5.93. The van der Waals surface area contributed by atoms with E-state index in [1.54, 1.807) is 25.4 Å². The van der Waals surface area contributed by atoms with Crippen molar-refractivity contribution in [3.63, 3.8) is 0 Å². The highest BCUT2D eigenvalue weighted by molar-refractivity contribution is 7.89. The molecule has 2 aromatic heterocycles. The van der Waals surface area contributed by atoms with E-state index in [1.165, 1.54) is 17.6 Å². The molecule has 0 aliphatic heterocycles. The maximum absolute atomic E-state index is 11.3. The molecule has 1 aromatic carbocycles. The minimum absolute atomic E-state index is 0.0402. The molecule has 130 valence electrons. The van der Waals surface area contributed by atoms with Crippen LogP contribution in [0.1, 0.15) is 5.56 Å². The third-order valence-electron chi connectivity index (χ3n) is 3.38. The average Bonchev–Trinajstić information content (AvgIpc) is 3.04. The Balaban J connectivity index is 1.73. The predicted molar refractivity (Wildman–Crippen MR) is 100 cm³/mol. The van der Waals surface area contributed by atoms with Crippen molar-refractivity contribution in [3.8, 4) is 17.1 Å². The fraction of sp³-hybridized carbons (Fsp3) is 0.176. The van der Waals surface area contributed by atoms with Gasteiger partial charge < -0.3 is 10.1 Å². The summed E-state index contributed by atoms with van der Waals surface area (Å²) in [4.78, 5) is 8.65. The first-order valence-corrected chi connectivity index (χ1v) is 10.4. The van der Waals surface area contributed by atoms with E-state index in [1.807, 2.05) is 29.6 Å². The van der Waals surface area contributed by atoms with Crippen LogP contribution in [0.2, 0.25) is 0 Å². The predicted octanol–water partition coefficient (Wildman–Crippen LogP) is 3.50. The van der Waals surface area contributed by atoms with Crippen LogP contribution in [0.4, 0.5) is 10.8 Å². The second-order valence-electron chi connectivity index (χ2n) is 5.52. The van der Waals surface area contributed by atoms with E-state index in [9.17, 15) is 8.42 Å². The molecule has 3 aromatic rings. The molecule has 0 saturated carbocycles. The molecule has 0 saturated heterocycles. The Hall–Kier alpha value is -2.45. The van der Waals surface area contributed by atoms with E-state index in [0.717, 1.165) is 27.6 Å². The Morgan fingerprint density at radius 2 is 1.96 bits per heavy atom. The monoisotopic (exact) mass is 375 g/mol. The topological polar surface area (TPSA) is 81.2 Å². The standard InChI is InChI=1S/C17H17N3O3S2/c1-23-16-9-13(7-8-18-16)15-10-24-17(20-15)19-14-5-3-12(4-6-14)11-25(2,21)22/h3-10H,11H2,1-2H3,(H,19,20). The number of nitrogens with one attached hydrogen (secondary N) is 1. The molecule has 3 rings (SSSR count). The summed E-state index contributed by atoms with van der Waals surface area (Å²) in [6.45, 7) is 0. The number of aromatic nitrogens is 2. The van der Waals surface area contributed by atoms with Crippen LogP contribution in [0.3, 0.4) is 0 Å². The summed E-state index contributed by atoms with van der Waals surface area (Å²) >= 11 is 1.49. The van der Waals surface area contributed by atoms with Crippen LogP contribution < -0.4 is 10.1 Å². The molecule has 0 amide bonds. The van der Waals surface area contributed by atoms with Gasteiger partial charge >= 0.3 is 0 Å². The van der Waals surface area contributed by atoms with Gasteiger partial charge in [0.25, 0.3) is 0 Å². The fourth-order valence-electron chi connectivity index (χ4n) is 2.25. The minimum atomic E-state index is -3.03. The SMILES string of the molecule is COc1cc(-c2csc(Nc3ccc(CS(C)(=O)=O)cc3)n2)ccn1. The highest BCUT2D eigenvalue weighted by Crippen LogP contribution is 2.28. The van der Waals surface area contributed by atoms with Crippen LogP contribution in [0.25, 0.3) is 11.3 Å². The summed E-state index contributed by atoms with van der Waals surface area (Å²) < 4.78 is 27.8. The maximum Gasteiger partial charge on any atom is 0.213 e. The normalized spacial score (nSPS) is 11.3. The lowest BCUT2D eigenvalue weighted by molar-refractivity contribution is 0.398. The van der Waals surface area contributed by atoms with E-state index in [4.69, 9.17) is 4.74 Å². The van der Waals surface area contributed by atoms with Crippen LogP contribution in [-0.2, 0) is 15.6 Å². The maximum atomic E-state index is 11.3.